The van der Waals surface area contributed by atoms with Gasteiger partial charge in [-0.1, -0.05) is 19.3 Å². The number of hydrogen-bond acceptors (Lipinski definition) is 2. The predicted molar refractivity (Wildman–Crippen MR) is 72.3 cm³/mol. The van der Waals surface area contributed by atoms with Gasteiger partial charge in [0.15, 0.2) is 0 Å². The number of rotatable bonds is 8. The molecule has 1 fully saturated rings. The quantitative estimate of drug-likeness (QED) is 0.684. The van der Waals surface area contributed by atoms with Crippen molar-refractivity contribution in [2.75, 3.05) is 26.7 Å². The lowest BCUT2D eigenvalue weighted by atomic mass is 9.94. The van der Waals surface area contributed by atoms with Gasteiger partial charge in [-0.15, -0.1) is 0 Å². The number of nitrogens with one attached hydrogen (secondary N) is 1. The van der Waals surface area contributed by atoms with E-state index in [2.05, 4.69) is 17.3 Å². The molecule has 0 heterocycles. The molecule has 5 heteroatoms. The average molecular weight is 280 g/mol. The third-order valence-electron chi connectivity index (χ3n) is 3.88. The van der Waals surface area contributed by atoms with E-state index >= 15 is 0 Å². The molecule has 0 aromatic heterocycles. The van der Waals surface area contributed by atoms with Crippen LogP contribution in [0.3, 0.4) is 0 Å². The van der Waals surface area contributed by atoms with Crippen LogP contribution in [0, 0.1) is 0 Å². The Hall–Kier alpha value is -0.290. The van der Waals surface area contributed by atoms with E-state index in [4.69, 9.17) is 0 Å². The molecule has 0 aromatic carbocycles. The molecule has 0 unspecified atom stereocenters. The minimum absolute atomic E-state index is 0.183. The lowest BCUT2D eigenvalue weighted by Crippen LogP contribution is -2.35. The maximum Gasteiger partial charge on any atom is 0.389 e. The number of nitrogens with zero attached hydrogens (tertiary/aromatic N) is 1. The zero-order valence-corrected chi connectivity index (χ0v) is 11.9. The van der Waals surface area contributed by atoms with Crippen molar-refractivity contribution in [2.24, 2.45) is 0 Å². The molecule has 114 valence electrons. The van der Waals surface area contributed by atoms with Gasteiger partial charge in [0, 0.05) is 12.5 Å². The lowest BCUT2D eigenvalue weighted by Gasteiger charge is -2.31. The first kappa shape index (κ1) is 16.8. The summed E-state index contributed by atoms with van der Waals surface area (Å²) in [5, 5.41) is 3.09. The van der Waals surface area contributed by atoms with E-state index in [9.17, 15) is 13.2 Å². The summed E-state index contributed by atoms with van der Waals surface area (Å²) in [4.78, 5) is 2.41. The fourth-order valence-corrected chi connectivity index (χ4v) is 2.70. The Morgan fingerprint density at radius 2 is 1.68 bits per heavy atom. The third-order valence-corrected chi connectivity index (χ3v) is 3.88. The fourth-order valence-electron chi connectivity index (χ4n) is 2.70. The summed E-state index contributed by atoms with van der Waals surface area (Å²) in [5.74, 6) is 0. The average Bonchev–Trinajstić information content (AvgIpc) is 2.37. The molecule has 0 saturated heterocycles. The van der Waals surface area contributed by atoms with Gasteiger partial charge in [0.25, 0.3) is 0 Å². The van der Waals surface area contributed by atoms with E-state index in [-0.39, 0.29) is 6.42 Å². The summed E-state index contributed by atoms with van der Waals surface area (Å²) in [6.45, 7) is 2.32. The molecule has 0 spiro atoms. The van der Waals surface area contributed by atoms with Crippen LogP contribution in [0.15, 0.2) is 0 Å². The van der Waals surface area contributed by atoms with Crippen LogP contribution in [0.2, 0.25) is 0 Å². The van der Waals surface area contributed by atoms with Gasteiger partial charge in [-0.25, -0.2) is 0 Å². The van der Waals surface area contributed by atoms with Gasteiger partial charge in [0.1, 0.15) is 0 Å². The Morgan fingerprint density at radius 1 is 1.05 bits per heavy atom. The van der Waals surface area contributed by atoms with Gasteiger partial charge in [0.2, 0.25) is 0 Å². The Bertz CT molecular complexity index is 225. The van der Waals surface area contributed by atoms with Crippen LogP contribution in [-0.4, -0.2) is 43.8 Å². The molecule has 1 N–H and O–H groups in total. The zero-order chi connectivity index (χ0) is 14.1. The van der Waals surface area contributed by atoms with Crippen molar-refractivity contribution in [1.29, 1.82) is 0 Å². The number of alkyl halides is 3. The Kier molecular flexibility index (Phi) is 7.76. The van der Waals surface area contributed by atoms with Gasteiger partial charge in [0.05, 0.1) is 0 Å². The highest BCUT2D eigenvalue weighted by molar-refractivity contribution is 4.73. The molecule has 0 atom stereocenters. The van der Waals surface area contributed by atoms with Crippen molar-refractivity contribution in [3.8, 4) is 0 Å². The second kappa shape index (κ2) is 8.80. The van der Waals surface area contributed by atoms with Gasteiger partial charge >= 0.3 is 6.18 Å². The highest BCUT2D eigenvalue weighted by Gasteiger charge is 2.25. The standard InChI is InChI=1S/C14H27F3N2/c1-19(13-7-3-2-4-8-13)12-6-11-18-10-5-9-14(15,16)17/h13,18H,2-12H2,1H3. The highest BCUT2D eigenvalue weighted by atomic mass is 19.4. The van der Waals surface area contributed by atoms with Crippen LogP contribution in [-0.2, 0) is 0 Å². The van der Waals surface area contributed by atoms with E-state index in [1.54, 1.807) is 0 Å². The summed E-state index contributed by atoms with van der Waals surface area (Å²) in [5.41, 5.74) is 0. The van der Waals surface area contributed by atoms with Crippen molar-refractivity contribution in [2.45, 2.75) is 63.6 Å². The zero-order valence-electron chi connectivity index (χ0n) is 11.9. The summed E-state index contributed by atoms with van der Waals surface area (Å²) >= 11 is 0. The smallest absolute Gasteiger partial charge is 0.317 e. The molecule has 1 saturated carbocycles. The molecular weight excluding hydrogens is 253 g/mol. The van der Waals surface area contributed by atoms with Crippen LogP contribution in [0.4, 0.5) is 13.2 Å². The molecule has 1 rings (SSSR count). The Labute approximate surface area is 114 Å². The summed E-state index contributed by atoms with van der Waals surface area (Å²) in [6.07, 6.45) is 3.15. The topological polar surface area (TPSA) is 15.3 Å². The lowest BCUT2D eigenvalue weighted by molar-refractivity contribution is -0.135. The maximum absolute atomic E-state index is 11.9. The van der Waals surface area contributed by atoms with E-state index in [0.717, 1.165) is 25.6 Å². The fraction of sp³-hybridized carbons (Fsp3) is 1.00. The molecule has 0 aromatic rings. The summed E-state index contributed by atoms with van der Waals surface area (Å²) < 4.78 is 35.7. The van der Waals surface area contributed by atoms with Crippen molar-refractivity contribution in [3.63, 3.8) is 0 Å². The second-order valence-corrected chi connectivity index (χ2v) is 5.59. The first-order chi connectivity index (χ1) is 8.99. The van der Waals surface area contributed by atoms with Crippen molar-refractivity contribution >= 4 is 0 Å². The van der Waals surface area contributed by atoms with E-state index in [0.29, 0.717) is 6.54 Å². The van der Waals surface area contributed by atoms with Crippen molar-refractivity contribution in [1.82, 2.24) is 10.2 Å². The second-order valence-electron chi connectivity index (χ2n) is 5.59. The molecular formula is C14H27F3N2. The predicted octanol–water partition coefficient (Wildman–Crippen LogP) is 3.57. The van der Waals surface area contributed by atoms with Gasteiger partial charge in [-0.05, 0) is 52.4 Å². The van der Waals surface area contributed by atoms with E-state index in [1.165, 1.54) is 32.1 Å². The minimum atomic E-state index is -4.01. The van der Waals surface area contributed by atoms with Crippen LogP contribution in [0.5, 0.6) is 0 Å². The highest BCUT2D eigenvalue weighted by Crippen LogP contribution is 2.22. The molecule has 0 radical (unpaired) electrons. The normalized spacial score (nSPS) is 18.2. The maximum atomic E-state index is 11.9. The van der Waals surface area contributed by atoms with Gasteiger partial charge < -0.3 is 10.2 Å². The Morgan fingerprint density at radius 3 is 2.32 bits per heavy atom. The molecule has 0 amide bonds. The molecule has 0 bridgehead atoms. The van der Waals surface area contributed by atoms with Gasteiger partial charge in [-0.2, -0.15) is 13.2 Å². The monoisotopic (exact) mass is 280 g/mol. The molecule has 19 heavy (non-hydrogen) atoms. The minimum Gasteiger partial charge on any atom is -0.317 e. The molecule has 0 aliphatic heterocycles. The van der Waals surface area contributed by atoms with Crippen molar-refractivity contribution in [3.05, 3.63) is 0 Å². The van der Waals surface area contributed by atoms with E-state index < -0.39 is 12.6 Å². The largest absolute Gasteiger partial charge is 0.389 e. The SMILES string of the molecule is CN(CCCNCCCC(F)(F)F)C1CCCCC1. The summed E-state index contributed by atoms with van der Waals surface area (Å²) in [7, 11) is 2.17. The van der Waals surface area contributed by atoms with Crippen LogP contribution in [0.25, 0.3) is 0 Å². The molecule has 1 aliphatic rings. The number of hydrogen-bond donors (Lipinski definition) is 1. The van der Waals surface area contributed by atoms with Crippen LogP contribution < -0.4 is 5.32 Å². The first-order valence-corrected chi connectivity index (χ1v) is 7.47. The van der Waals surface area contributed by atoms with Gasteiger partial charge in [-0.3, -0.25) is 0 Å². The molecule has 2 nitrogen and oxygen atoms in total. The van der Waals surface area contributed by atoms with Crippen LogP contribution >= 0.6 is 0 Å². The van der Waals surface area contributed by atoms with Crippen molar-refractivity contribution < 1.29 is 13.2 Å². The van der Waals surface area contributed by atoms with E-state index in [1.807, 2.05) is 0 Å². The Balaban J connectivity index is 1.92. The summed E-state index contributed by atoms with van der Waals surface area (Å²) in [6, 6.07) is 0.721. The molecule has 1 aliphatic carbocycles. The third kappa shape index (κ3) is 8.47. The number of halogens is 3. The first-order valence-electron chi connectivity index (χ1n) is 7.47. The van der Waals surface area contributed by atoms with Crippen LogP contribution in [0.1, 0.15) is 51.4 Å².